The Morgan fingerprint density at radius 2 is 2.27 bits per heavy atom. The maximum Gasteiger partial charge on any atom is 0.158 e. The summed E-state index contributed by atoms with van der Waals surface area (Å²) in [7, 11) is 0. The van der Waals surface area contributed by atoms with Crippen molar-refractivity contribution in [1.29, 1.82) is 0 Å². The van der Waals surface area contributed by atoms with Crippen LogP contribution < -0.4 is 0 Å². The van der Waals surface area contributed by atoms with Gasteiger partial charge in [-0.3, -0.25) is 0 Å². The van der Waals surface area contributed by atoms with Crippen molar-refractivity contribution in [2.75, 3.05) is 0 Å². The molecule has 2 bridgehead atoms. The normalized spacial score (nSPS) is 36.1. The van der Waals surface area contributed by atoms with Gasteiger partial charge in [0.25, 0.3) is 0 Å². The van der Waals surface area contributed by atoms with Crippen molar-refractivity contribution < 1.29 is 9.84 Å². The molecule has 1 N–H and O–H groups in total. The minimum atomic E-state index is -0.572. The Bertz CT molecular complexity index is 302. The zero-order valence-corrected chi connectivity index (χ0v) is 9.10. The van der Waals surface area contributed by atoms with Gasteiger partial charge in [-0.05, 0) is 26.2 Å². The van der Waals surface area contributed by atoms with Gasteiger partial charge in [0.1, 0.15) is 0 Å². The van der Waals surface area contributed by atoms with E-state index in [1.807, 2.05) is 18.2 Å². The maximum absolute atomic E-state index is 9.67. The molecule has 3 atom stereocenters. The highest BCUT2D eigenvalue weighted by Gasteiger charge is 2.31. The number of aliphatic hydroxyl groups excluding tert-OH is 1. The number of hydrogen-bond acceptors (Lipinski definition) is 2. The van der Waals surface area contributed by atoms with Crippen LogP contribution in [0.4, 0.5) is 0 Å². The van der Waals surface area contributed by atoms with Gasteiger partial charge in [0.05, 0.1) is 6.10 Å². The minimum absolute atomic E-state index is 0.0908. The average molecular weight is 206 g/mol. The summed E-state index contributed by atoms with van der Waals surface area (Å²) in [6.45, 7) is 2.10. The van der Waals surface area contributed by atoms with E-state index in [-0.39, 0.29) is 6.10 Å². The summed E-state index contributed by atoms with van der Waals surface area (Å²) in [6.07, 6.45) is 12.9. The minimum Gasteiger partial charge on any atom is -0.368 e. The van der Waals surface area contributed by atoms with Gasteiger partial charge in [0, 0.05) is 5.92 Å². The Labute approximate surface area is 90.9 Å². The van der Waals surface area contributed by atoms with Crippen LogP contribution in [0.3, 0.4) is 0 Å². The second kappa shape index (κ2) is 4.77. The van der Waals surface area contributed by atoms with Crippen molar-refractivity contribution in [3.05, 3.63) is 36.0 Å². The van der Waals surface area contributed by atoms with Crippen molar-refractivity contribution in [3.63, 3.8) is 0 Å². The molecule has 0 aromatic rings. The lowest BCUT2D eigenvalue weighted by Gasteiger charge is -2.10. The van der Waals surface area contributed by atoms with E-state index in [1.165, 1.54) is 5.57 Å². The largest absolute Gasteiger partial charge is 0.368 e. The smallest absolute Gasteiger partial charge is 0.158 e. The van der Waals surface area contributed by atoms with Crippen LogP contribution in [0.2, 0.25) is 0 Å². The average Bonchev–Trinajstić information content (AvgIpc) is 2.51. The molecule has 82 valence electrons. The predicted molar refractivity (Wildman–Crippen MR) is 60.3 cm³/mol. The molecule has 2 aliphatic rings. The first-order valence-electron chi connectivity index (χ1n) is 5.61. The fourth-order valence-corrected chi connectivity index (χ4v) is 2.13. The SMILES string of the molecule is CC1=CCCC2CC(C=CC=C1)OC2O. The summed E-state index contributed by atoms with van der Waals surface area (Å²) in [5.74, 6) is 0.293. The molecule has 0 saturated carbocycles. The molecule has 1 fully saturated rings. The van der Waals surface area contributed by atoms with E-state index >= 15 is 0 Å². The summed E-state index contributed by atoms with van der Waals surface area (Å²) in [5.41, 5.74) is 1.29. The topological polar surface area (TPSA) is 29.5 Å². The van der Waals surface area contributed by atoms with Crippen molar-refractivity contribution in [3.8, 4) is 0 Å². The molecule has 15 heavy (non-hydrogen) atoms. The van der Waals surface area contributed by atoms with Gasteiger partial charge in [-0.1, -0.05) is 36.0 Å². The van der Waals surface area contributed by atoms with E-state index in [0.717, 1.165) is 19.3 Å². The first-order valence-corrected chi connectivity index (χ1v) is 5.61. The highest BCUT2D eigenvalue weighted by molar-refractivity contribution is 5.21. The van der Waals surface area contributed by atoms with Gasteiger partial charge in [0.15, 0.2) is 6.29 Å². The molecular weight excluding hydrogens is 188 g/mol. The summed E-state index contributed by atoms with van der Waals surface area (Å²) < 4.78 is 5.44. The summed E-state index contributed by atoms with van der Waals surface area (Å²) >= 11 is 0. The van der Waals surface area contributed by atoms with E-state index in [0.29, 0.717) is 5.92 Å². The third-order valence-electron chi connectivity index (χ3n) is 3.05. The van der Waals surface area contributed by atoms with Gasteiger partial charge in [-0.15, -0.1) is 0 Å². The van der Waals surface area contributed by atoms with E-state index < -0.39 is 6.29 Å². The fraction of sp³-hybridized carbons (Fsp3) is 0.538. The number of rotatable bonds is 0. The Balaban J connectivity index is 2.11. The lowest BCUT2D eigenvalue weighted by atomic mass is 9.98. The quantitative estimate of drug-likeness (QED) is 0.660. The molecule has 0 amide bonds. The van der Waals surface area contributed by atoms with Crippen LogP contribution in [-0.4, -0.2) is 17.5 Å². The highest BCUT2D eigenvalue weighted by atomic mass is 16.6. The van der Waals surface area contributed by atoms with Crippen LogP contribution in [0.1, 0.15) is 26.2 Å². The molecule has 0 radical (unpaired) electrons. The van der Waals surface area contributed by atoms with E-state index in [9.17, 15) is 5.11 Å². The van der Waals surface area contributed by atoms with Crippen LogP contribution in [-0.2, 0) is 4.74 Å². The van der Waals surface area contributed by atoms with E-state index in [4.69, 9.17) is 4.74 Å². The molecule has 1 aliphatic heterocycles. The van der Waals surface area contributed by atoms with Crippen molar-refractivity contribution in [2.45, 2.75) is 38.6 Å². The van der Waals surface area contributed by atoms with Gasteiger partial charge >= 0.3 is 0 Å². The number of hydrogen-bond donors (Lipinski definition) is 1. The molecule has 2 rings (SSSR count). The third-order valence-corrected chi connectivity index (χ3v) is 3.05. The molecular formula is C13H18O2. The summed E-state index contributed by atoms with van der Waals surface area (Å²) in [4.78, 5) is 0. The fourth-order valence-electron chi connectivity index (χ4n) is 2.13. The Morgan fingerprint density at radius 3 is 3.13 bits per heavy atom. The van der Waals surface area contributed by atoms with E-state index in [1.54, 1.807) is 0 Å². The second-order valence-corrected chi connectivity index (χ2v) is 4.33. The van der Waals surface area contributed by atoms with Crippen molar-refractivity contribution >= 4 is 0 Å². The maximum atomic E-state index is 9.67. The molecule has 0 aromatic carbocycles. The molecule has 1 aliphatic carbocycles. The Morgan fingerprint density at radius 1 is 1.40 bits per heavy atom. The van der Waals surface area contributed by atoms with Crippen LogP contribution in [0.25, 0.3) is 0 Å². The van der Waals surface area contributed by atoms with Gasteiger partial charge in [-0.25, -0.2) is 0 Å². The Hall–Kier alpha value is -0.860. The standard InChI is InChI=1S/C13H18O2/c1-10-5-2-3-8-12-9-11(7-4-6-10)13(14)15-12/h2-3,5-6,8,11-14H,4,7,9H2,1H3. The van der Waals surface area contributed by atoms with Crippen molar-refractivity contribution in [2.24, 2.45) is 5.92 Å². The first-order chi connectivity index (χ1) is 7.25. The number of fused-ring (bicyclic) bond motifs is 2. The first kappa shape index (κ1) is 10.7. The Kier molecular flexibility index (Phi) is 3.39. The lowest BCUT2D eigenvalue weighted by molar-refractivity contribution is -0.0983. The van der Waals surface area contributed by atoms with Crippen LogP contribution >= 0.6 is 0 Å². The third kappa shape index (κ3) is 2.80. The van der Waals surface area contributed by atoms with Crippen LogP contribution in [0.15, 0.2) is 36.0 Å². The van der Waals surface area contributed by atoms with E-state index in [2.05, 4.69) is 19.1 Å². The zero-order valence-electron chi connectivity index (χ0n) is 9.10. The highest BCUT2D eigenvalue weighted by Crippen LogP contribution is 2.30. The number of allylic oxidation sites excluding steroid dienone is 5. The molecule has 3 unspecified atom stereocenters. The molecule has 1 saturated heterocycles. The molecule has 1 heterocycles. The van der Waals surface area contributed by atoms with Crippen molar-refractivity contribution in [1.82, 2.24) is 0 Å². The molecule has 0 spiro atoms. The molecule has 2 heteroatoms. The van der Waals surface area contributed by atoms with Crippen LogP contribution in [0.5, 0.6) is 0 Å². The number of aliphatic hydroxyl groups is 1. The van der Waals surface area contributed by atoms with Gasteiger partial charge in [-0.2, -0.15) is 0 Å². The van der Waals surface area contributed by atoms with Crippen LogP contribution in [0, 0.1) is 5.92 Å². The molecule has 0 aromatic heterocycles. The van der Waals surface area contributed by atoms with Gasteiger partial charge in [0.2, 0.25) is 0 Å². The summed E-state index contributed by atoms with van der Waals surface area (Å²) in [5, 5.41) is 9.67. The zero-order chi connectivity index (χ0) is 10.7. The predicted octanol–water partition coefficient (Wildman–Crippen LogP) is 2.56. The van der Waals surface area contributed by atoms with Gasteiger partial charge < -0.3 is 9.84 Å². The summed E-state index contributed by atoms with van der Waals surface area (Å²) in [6, 6.07) is 0. The second-order valence-electron chi connectivity index (χ2n) is 4.33. The number of ether oxygens (including phenoxy) is 1. The lowest BCUT2D eigenvalue weighted by Crippen LogP contribution is -2.14. The molecule has 2 nitrogen and oxygen atoms in total. The monoisotopic (exact) mass is 206 g/mol.